The second-order valence-electron chi connectivity index (χ2n) is 7.60. The maximum absolute atomic E-state index is 13.1. The summed E-state index contributed by atoms with van der Waals surface area (Å²) >= 11 is 3.43. The fourth-order valence-electron chi connectivity index (χ4n) is 3.41. The van der Waals surface area contributed by atoms with Gasteiger partial charge in [-0.25, -0.2) is 4.79 Å². The van der Waals surface area contributed by atoms with Crippen molar-refractivity contribution in [3.8, 4) is 5.75 Å². The number of carboxylic acids is 1. The maximum Gasteiger partial charge on any atom is 0.335 e. The predicted octanol–water partition coefficient (Wildman–Crippen LogP) is 4.97. The van der Waals surface area contributed by atoms with Crippen molar-refractivity contribution in [1.82, 2.24) is 0 Å². The van der Waals surface area contributed by atoms with Crippen molar-refractivity contribution in [2.24, 2.45) is 5.10 Å². The van der Waals surface area contributed by atoms with Crippen LogP contribution in [0.15, 0.2) is 87.9 Å². The largest absolute Gasteiger partial charge is 0.483 e. The molecule has 176 valence electrons. The number of ether oxygens (including phenoxy) is 1. The summed E-state index contributed by atoms with van der Waals surface area (Å²) in [6, 6.07) is 20.3. The number of carbonyl (C=O) groups excluding carboxylic acids is 2. The molecule has 0 aromatic heterocycles. The number of para-hydroxylation sites is 1. The first-order chi connectivity index (χ1) is 16.8. The zero-order valence-corrected chi connectivity index (χ0v) is 20.2. The first kappa shape index (κ1) is 23.9. The smallest absolute Gasteiger partial charge is 0.335 e. The Hall–Kier alpha value is -4.24. The Balaban J connectivity index is 1.55. The number of benzene rings is 3. The van der Waals surface area contributed by atoms with Crippen molar-refractivity contribution in [3.63, 3.8) is 0 Å². The second-order valence-corrected chi connectivity index (χ2v) is 8.52. The molecule has 3 aromatic carbocycles. The van der Waals surface area contributed by atoms with Crippen LogP contribution in [0.3, 0.4) is 0 Å². The number of aromatic carboxylic acids is 1. The zero-order chi connectivity index (χ0) is 24.9. The van der Waals surface area contributed by atoms with E-state index in [1.54, 1.807) is 55.5 Å². The van der Waals surface area contributed by atoms with E-state index in [4.69, 9.17) is 4.74 Å². The summed E-state index contributed by atoms with van der Waals surface area (Å²) in [6.45, 7) is 1.47. The molecule has 0 radical (unpaired) electrons. The van der Waals surface area contributed by atoms with Crippen LogP contribution in [0.25, 0.3) is 6.08 Å². The van der Waals surface area contributed by atoms with Crippen LogP contribution in [0.2, 0.25) is 0 Å². The lowest BCUT2D eigenvalue weighted by Gasteiger charge is -2.13. The molecule has 0 saturated heterocycles. The summed E-state index contributed by atoms with van der Waals surface area (Å²) in [4.78, 5) is 36.8. The number of amides is 2. The number of nitrogens with zero attached hydrogens (tertiary/aromatic N) is 2. The van der Waals surface area contributed by atoms with Crippen LogP contribution in [0.1, 0.15) is 22.8 Å². The lowest BCUT2D eigenvalue weighted by atomic mass is 10.1. The van der Waals surface area contributed by atoms with Gasteiger partial charge in [0.15, 0.2) is 6.61 Å². The summed E-state index contributed by atoms with van der Waals surface area (Å²) in [5.74, 6) is -1.41. The molecule has 3 aromatic rings. The number of nitrogens with one attached hydrogen (secondary N) is 1. The molecule has 1 aliphatic rings. The van der Waals surface area contributed by atoms with E-state index in [2.05, 4.69) is 26.3 Å². The summed E-state index contributed by atoms with van der Waals surface area (Å²) < 4.78 is 6.51. The minimum Gasteiger partial charge on any atom is -0.483 e. The van der Waals surface area contributed by atoms with Crippen LogP contribution in [-0.2, 0) is 9.59 Å². The normalized spacial score (nSPS) is 14.1. The first-order valence-corrected chi connectivity index (χ1v) is 11.3. The van der Waals surface area contributed by atoms with Crippen LogP contribution in [0, 0.1) is 0 Å². The van der Waals surface area contributed by atoms with Crippen molar-refractivity contribution >= 4 is 56.9 Å². The Bertz CT molecular complexity index is 1370. The number of hydrogen-bond acceptors (Lipinski definition) is 5. The Morgan fingerprint density at radius 1 is 1.09 bits per heavy atom. The molecule has 35 heavy (non-hydrogen) atoms. The average molecular weight is 534 g/mol. The minimum absolute atomic E-state index is 0.0528. The van der Waals surface area contributed by atoms with Crippen LogP contribution in [-0.4, -0.2) is 35.2 Å². The molecule has 8 nitrogen and oxygen atoms in total. The van der Waals surface area contributed by atoms with Gasteiger partial charge in [-0.1, -0.05) is 40.2 Å². The van der Waals surface area contributed by atoms with E-state index in [-0.39, 0.29) is 18.1 Å². The average Bonchev–Trinajstić information content (AvgIpc) is 3.12. The Labute approximate surface area is 209 Å². The molecule has 1 aliphatic heterocycles. The third kappa shape index (κ3) is 5.64. The number of carbonyl (C=O) groups is 3. The number of carboxylic acid groups (broad SMARTS) is 1. The van der Waals surface area contributed by atoms with Crippen molar-refractivity contribution in [3.05, 3.63) is 94.0 Å². The van der Waals surface area contributed by atoms with Gasteiger partial charge in [0, 0.05) is 15.7 Å². The van der Waals surface area contributed by atoms with Crippen molar-refractivity contribution < 1.29 is 24.2 Å². The monoisotopic (exact) mass is 533 g/mol. The van der Waals surface area contributed by atoms with Crippen LogP contribution < -0.4 is 15.1 Å². The molecule has 0 bridgehead atoms. The van der Waals surface area contributed by atoms with Crippen LogP contribution in [0.4, 0.5) is 11.4 Å². The molecule has 9 heteroatoms. The SMILES string of the molecule is CC1=NN(c2cccc(C(=O)O)c2)C(=O)/C1=C/c1cc(Br)ccc1OCC(=O)Nc1ccccc1. The maximum atomic E-state index is 13.1. The Morgan fingerprint density at radius 3 is 2.60 bits per heavy atom. The number of hydrazone groups is 1. The molecule has 0 atom stereocenters. The quantitative estimate of drug-likeness (QED) is 0.416. The minimum atomic E-state index is -1.10. The van der Waals surface area contributed by atoms with Gasteiger partial charge < -0.3 is 15.2 Å². The summed E-state index contributed by atoms with van der Waals surface area (Å²) in [5.41, 5.74) is 2.42. The van der Waals surface area contributed by atoms with Gasteiger partial charge in [-0.15, -0.1) is 0 Å². The van der Waals surface area contributed by atoms with Crippen molar-refractivity contribution in [2.75, 3.05) is 16.9 Å². The highest BCUT2D eigenvalue weighted by Gasteiger charge is 2.29. The van der Waals surface area contributed by atoms with Gasteiger partial charge in [0.1, 0.15) is 5.75 Å². The number of rotatable bonds is 7. The Morgan fingerprint density at radius 2 is 1.86 bits per heavy atom. The van der Waals surface area contributed by atoms with E-state index in [1.807, 2.05) is 18.2 Å². The van der Waals surface area contributed by atoms with E-state index in [1.165, 1.54) is 17.1 Å². The molecule has 1 heterocycles. The topological polar surface area (TPSA) is 108 Å². The third-order valence-corrected chi connectivity index (χ3v) is 5.58. The molecule has 0 aliphatic carbocycles. The number of halogens is 1. The third-order valence-electron chi connectivity index (χ3n) is 5.09. The van der Waals surface area contributed by atoms with E-state index >= 15 is 0 Å². The van der Waals surface area contributed by atoms with Crippen LogP contribution >= 0.6 is 15.9 Å². The molecular weight excluding hydrogens is 514 g/mol. The molecule has 0 saturated carbocycles. The van der Waals surface area contributed by atoms with Gasteiger partial charge in [-0.05, 0) is 61.5 Å². The molecule has 2 amide bonds. The van der Waals surface area contributed by atoms with Gasteiger partial charge in [0.05, 0.1) is 22.5 Å². The van der Waals surface area contributed by atoms with E-state index in [0.717, 1.165) is 4.47 Å². The molecule has 4 rings (SSSR count). The van der Waals surface area contributed by atoms with Gasteiger partial charge in [0.2, 0.25) is 0 Å². The second kappa shape index (κ2) is 10.4. The van der Waals surface area contributed by atoms with Gasteiger partial charge >= 0.3 is 5.97 Å². The van der Waals surface area contributed by atoms with Gasteiger partial charge in [-0.2, -0.15) is 10.1 Å². The summed E-state index contributed by atoms with van der Waals surface area (Å²) in [7, 11) is 0. The fourth-order valence-corrected chi connectivity index (χ4v) is 3.79. The number of hydrogen-bond donors (Lipinski definition) is 2. The summed E-state index contributed by atoms with van der Waals surface area (Å²) in [5, 5.41) is 17.5. The molecule has 0 unspecified atom stereocenters. The van der Waals surface area contributed by atoms with E-state index in [0.29, 0.717) is 34.0 Å². The van der Waals surface area contributed by atoms with E-state index in [9.17, 15) is 19.5 Å². The highest BCUT2D eigenvalue weighted by atomic mass is 79.9. The first-order valence-electron chi connectivity index (χ1n) is 10.5. The van der Waals surface area contributed by atoms with Crippen LogP contribution in [0.5, 0.6) is 5.75 Å². The lowest BCUT2D eigenvalue weighted by Crippen LogP contribution is -2.22. The summed E-state index contributed by atoms with van der Waals surface area (Å²) in [6.07, 6.45) is 1.64. The van der Waals surface area contributed by atoms with Gasteiger partial charge in [0.25, 0.3) is 11.8 Å². The fraction of sp³-hybridized carbons (Fsp3) is 0.0769. The zero-order valence-electron chi connectivity index (χ0n) is 18.6. The molecule has 0 fully saturated rings. The molecular formula is C26H20BrN3O5. The van der Waals surface area contributed by atoms with E-state index < -0.39 is 11.9 Å². The van der Waals surface area contributed by atoms with Crippen molar-refractivity contribution in [1.29, 1.82) is 0 Å². The Kier molecular flexibility index (Phi) is 7.07. The number of anilines is 2. The van der Waals surface area contributed by atoms with Crippen molar-refractivity contribution in [2.45, 2.75) is 6.92 Å². The van der Waals surface area contributed by atoms with Gasteiger partial charge in [-0.3, -0.25) is 9.59 Å². The highest BCUT2D eigenvalue weighted by Crippen LogP contribution is 2.30. The lowest BCUT2D eigenvalue weighted by molar-refractivity contribution is -0.118. The standard InChI is InChI=1S/C26H20BrN3O5/c1-16-22(25(32)30(29-16)21-9-5-6-17(13-21)26(33)34)14-18-12-19(27)10-11-23(18)35-15-24(31)28-20-7-3-2-4-8-20/h2-14H,15H2,1H3,(H,28,31)(H,33,34)/b22-14+. The molecule has 2 N–H and O–H groups in total. The molecule has 0 spiro atoms. The predicted molar refractivity (Wildman–Crippen MR) is 137 cm³/mol. The highest BCUT2D eigenvalue weighted by molar-refractivity contribution is 9.10.